The van der Waals surface area contributed by atoms with Gasteiger partial charge in [0.25, 0.3) is 0 Å². The topological polar surface area (TPSA) is 63.4 Å². The largest absolute Gasteiger partial charge is 0.369 e. The van der Waals surface area contributed by atoms with E-state index < -0.39 is 0 Å². The van der Waals surface area contributed by atoms with Crippen molar-refractivity contribution >= 4 is 23.6 Å². The molecule has 0 unspecified atom stereocenters. The minimum atomic E-state index is -0.231. The van der Waals surface area contributed by atoms with E-state index in [-0.39, 0.29) is 17.7 Å². The van der Waals surface area contributed by atoms with Crippen LogP contribution < -0.4 is 5.73 Å². The lowest BCUT2D eigenvalue weighted by Gasteiger charge is -2.31. The third-order valence-electron chi connectivity index (χ3n) is 4.97. The van der Waals surface area contributed by atoms with E-state index >= 15 is 0 Å². The molecule has 0 aromatic heterocycles. The molecule has 0 spiro atoms. The molecule has 23 heavy (non-hydrogen) atoms. The van der Waals surface area contributed by atoms with Crippen LogP contribution in [0.2, 0.25) is 0 Å². The van der Waals surface area contributed by atoms with Crippen molar-refractivity contribution < 1.29 is 9.59 Å². The van der Waals surface area contributed by atoms with Gasteiger partial charge in [0.1, 0.15) is 0 Å². The number of carbonyl (C=O) groups is 2. The molecule has 1 aliphatic carbocycles. The first-order valence-corrected chi connectivity index (χ1v) is 9.46. The van der Waals surface area contributed by atoms with Gasteiger partial charge in [0.2, 0.25) is 11.8 Å². The van der Waals surface area contributed by atoms with E-state index in [1.807, 2.05) is 4.90 Å². The normalized spacial score (nSPS) is 21.7. The molecule has 2 aliphatic rings. The molecule has 1 atom stereocenters. The minimum absolute atomic E-state index is 0.0584. The van der Waals surface area contributed by atoms with Crippen molar-refractivity contribution in [2.24, 2.45) is 11.7 Å². The summed E-state index contributed by atoms with van der Waals surface area (Å²) in [7, 11) is 0. The molecule has 0 saturated carbocycles. The Kier molecular flexibility index (Phi) is 5.26. The Bertz CT molecular complexity index is 582. The van der Waals surface area contributed by atoms with Gasteiger partial charge >= 0.3 is 0 Å². The second-order valence-electron chi connectivity index (χ2n) is 6.45. The molecule has 2 amide bonds. The predicted octanol–water partition coefficient (Wildman–Crippen LogP) is 2.52. The lowest BCUT2D eigenvalue weighted by Crippen LogP contribution is -2.42. The number of rotatable bonds is 4. The first-order chi connectivity index (χ1) is 11.1. The van der Waals surface area contributed by atoms with E-state index in [1.54, 1.807) is 11.8 Å². The minimum Gasteiger partial charge on any atom is -0.369 e. The van der Waals surface area contributed by atoms with Crippen molar-refractivity contribution in [3.8, 4) is 0 Å². The summed E-state index contributed by atoms with van der Waals surface area (Å²) in [6.45, 7) is 1.32. The summed E-state index contributed by atoms with van der Waals surface area (Å²) in [5.74, 6) is 0.434. The van der Waals surface area contributed by atoms with Crippen molar-refractivity contribution in [2.45, 2.75) is 37.4 Å². The maximum absolute atomic E-state index is 12.4. The van der Waals surface area contributed by atoms with Crippen LogP contribution in [0.5, 0.6) is 0 Å². The third-order valence-corrected chi connectivity index (χ3v) is 6.28. The number of amides is 2. The number of thioether (sulfide) groups is 1. The van der Waals surface area contributed by atoms with Crippen LogP contribution in [0.4, 0.5) is 0 Å². The highest BCUT2D eigenvalue weighted by molar-refractivity contribution is 8.00. The Morgan fingerprint density at radius 1 is 1.17 bits per heavy atom. The van der Waals surface area contributed by atoms with Crippen LogP contribution in [0.3, 0.4) is 0 Å². The summed E-state index contributed by atoms with van der Waals surface area (Å²) in [6, 6.07) is 8.60. The monoisotopic (exact) mass is 332 g/mol. The number of primary amides is 1. The van der Waals surface area contributed by atoms with Crippen molar-refractivity contribution in [3.63, 3.8) is 0 Å². The summed E-state index contributed by atoms with van der Waals surface area (Å²) in [4.78, 5) is 25.5. The highest BCUT2D eigenvalue weighted by Gasteiger charge is 2.27. The van der Waals surface area contributed by atoms with E-state index in [4.69, 9.17) is 5.73 Å². The Balaban J connectivity index is 1.51. The van der Waals surface area contributed by atoms with E-state index in [0.717, 1.165) is 12.8 Å². The number of aryl methyl sites for hydroxylation is 1. The molecule has 5 heteroatoms. The summed E-state index contributed by atoms with van der Waals surface area (Å²) >= 11 is 1.77. The van der Waals surface area contributed by atoms with Crippen molar-refractivity contribution in [2.75, 3.05) is 18.8 Å². The van der Waals surface area contributed by atoms with E-state index in [0.29, 0.717) is 36.9 Å². The Morgan fingerprint density at radius 3 is 2.65 bits per heavy atom. The molecule has 0 radical (unpaired) electrons. The second kappa shape index (κ2) is 7.39. The molecule has 1 heterocycles. The number of fused-ring (bicyclic) bond motifs is 1. The summed E-state index contributed by atoms with van der Waals surface area (Å²) in [6.07, 6.45) is 4.92. The first kappa shape index (κ1) is 16.4. The van der Waals surface area contributed by atoms with E-state index in [9.17, 15) is 9.59 Å². The molecule has 0 bridgehead atoms. The van der Waals surface area contributed by atoms with Gasteiger partial charge in [-0.1, -0.05) is 24.3 Å². The number of piperidine rings is 1. The highest BCUT2D eigenvalue weighted by atomic mass is 32.2. The second-order valence-corrected chi connectivity index (χ2v) is 7.64. The average Bonchev–Trinajstić information content (AvgIpc) is 2.59. The fourth-order valence-electron chi connectivity index (χ4n) is 3.56. The SMILES string of the molecule is NC(=O)C1CCN(C(=O)CS[C@H]2CCCc3ccccc32)CC1. The van der Waals surface area contributed by atoms with Gasteiger partial charge < -0.3 is 10.6 Å². The Hall–Kier alpha value is -1.49. The molecule has 4 nitrogen and oxygen atoms in total. The smallest absolute Gasteiger partial charge is 0.232 e. The van der Waals surface area contributed by atoms with Gasteiger partial charge in [0.15, 0.2) is 0 Å². The molecular weight excluding hydrogens is 308 g/mol. The number of benzene rings is 1. The Labute approximate surface area is 141 Å². The number of nitrogens with zero attached hydrogens (tertiary/aromatic N) is 1. The maximum Gasteiger partial charge on any atom is 0.232 e. The predicted molar refractivity (Wildman–Crippen MR) is 93.1 cm³/mol. The van der Waals surface area contributed by atoms with Gasteiger partial charge in [-0.2, -0.15) is 0 Å². The molecule has 124 valence electrons. The number of hydrogen-bond donors (Lipinski definition) is 1. The average molecular weight is 332 g/mol. The van der Waals surface area contributed by atoms with E-state index in [1.165, 1.54) is 17.5 Å². The van der Waals surface area contributed by atoms with Gasteiger partial charge in [-0.25, -0.2) is 0 Å². The van der Waals surface area contributed by atoms with Gasteiger partial charge in [-0.15, -0.1) is 11.8 Å². The van der Waals surface area contributed by atoms with Gasteiger partial charge in [0, 0.05) is 24.3 Å². The summed E-state index contributed by atoms with van der Waals surface area (Å²) < 4.78 is 0. The Morgan fingerprint density at radius 2 is 1.91 bits per heavy atom. The highest BCUT2D eigenvalue weighted by Crippen LogP contribution is 2.39. The van der Waals surface area contributed by atoms with Crippen LogP contribution >= 0.6 is 11.8 Å². The number of likely N-dealkylation sites (tertiary alicyclic amines) is 1. The fraction of sp³-hybridized carbons (Fsp3) is 0.556. The van der Waals surface area contributed by atoms with Crippen molar-refractivity contribution in [3.05, 3.63) is 35.4 Å². The molecule has 2 N–H and O–H groups in total. The zero-order chi connectivity index (χ0) is 16.2. The van der Waals surface area contributed by atoms with Crippen LogP contribution in [-0.4, -0.2) is 35.6 Å². The third kappa shape index (κ3) is 3.89. The van der Waals surface area contributed by atoms with Crippen LogP contribution in [0, 0.1) is 5.92 Å². The van der Waals surface area contributed by atoms with Crippen molar-refractivity contribution in [1.82, 2.24) is 4.90 Å². The quantitative estimate of drug-likeness (QED) is 0.921. The first-order valence-electron chi connectivity index (χ1n) is 8.41. The van der Waals surface area contributed by atoms with E-state index in [2.05, 4.69) is 24.3 Å². The lowest BCUT2D eigenvalue weighted by atomic mass is 9.91. The van der Waals surface area contributed by atoms with Crippen LogP contribution in [0.25, 0.3) is 0 Å². The van der Waals surface area contributed by atoms with Crippen LogP contribution in [-0.2, 0) is 16.0 Å². The molecule has 1 saturated heterocycles. The fourth-order valence-corrected chi connectivity index (χ4v) is 4.83. The van der Waals surface area contributed by atoms with Crippen molar-refractivity contribution in [1.29, 1.82) is 0 Å². The zero-order valence-corrected chi connectivity index (χ0v) is 14.2. The lowest BCUT2D eigenvalue weighted by molar-refractivity contribution is -0.132. The maximum atomic E-state index is 12.4. The van der Waals surface area contributed by atoms with Gasteiger partial charge in [-0.3, -0.25) is 9.59 Å². The molecular formula is C18H24N2O2S. The number of carbonyl (C=O) groups excluding carboxylic acids is 2. The molecule has 1 aromatic rings. The molecule has 1 aromatic carbocycles. The number of nitrogens with two attached hydrogens (primary N) is 1. The number of hydrogen-bond acceptors (Lipinski definition) is 3. The van der Waals surface area contributed by atoms with Gasteiger partial charge in [-0.05, 0) is 43.2 Å². The standard InChI is InChI=1S/C18H24N2O2S/c19-18(22)14-8-10-20(11-9-14)17(21)12-23-16-7-3-5-13-4-1-2-6-15(13)16/h1-2,4,6,14,16H,3,5,7-12H2,(H2,19,22)/t16-/m0/s1. The van der Waals surface area contributed by atoms with Crippen LogP contribution in [0.15, 0.2) is 24.3 Å². The molecule has 3 rings (SSSR count). The summed E-state index contributed by atoms with van der Waals surface area (Å²) in [5, 5.41) is 0.437. The molecule has 1 aliphatic heterocycles. The van der Waals surface area contributed by atoms with Crippen LogP contribution in [0.1, 0.15) is 42.1 Å². The van der Waals surface area contributed by atoms with Gasteiger partial charge in [0.05, 0.1) is 5.75 Å². The molecule has 1 fully saturated rings. The zero-order valence-electron chi connectivity index (χ0n) is 13.4. The summed E-state index contributed by atoms with van der Waals surface area (Å²) in [5.41, 5.74) is 8.19.